The van der Waals surface area contributed by atoms with Crippen LogP contribution in [-0.4, -0.2) is 38.2 Å². The number of hydrogen-bond acceptors (Lipinski definition) is 2. The summed E-state index contributed by atoms with van der Waals surface area (Å²) < 4.78 is 26.4. The largest absolute Gasteiger partial charge is 0.371 e. The lowest BCUT2D eigenvalue weighted by Crippen LogP contribution is -2.39. The molecular formula is C17H25F2IN4. The van der Waals surface area contributed by atoms with Crippen LogP contribution in [0.5, 0.6) is 0 Å². The second-order valence-corrected chi connectivity index (χ2v) is 6.34. The smallest absolute Gasteiger partial charge is 0.191 e. The third-order valence-corrected chi connectivity index (χ3v) is 4.32. The van der Waals surface area contributed by atoms with Crippen LogP contribution in [-0.2, 0) is 0 Å². The zero-order valence-corrected chi connectivity index (χ0v) is 16.2. The molecule has 1 aliphatic carbocycles. The van der Waals surface area contributed by atoms with Crippen LogP contribution in [0.15, 0.2) is 23.2 Å². The first-order valence-corrected chi connectivity index (χ1v) is 8.40. The van der Waals surface area contributed by atoms with Gasteiger partial charge in [-0.3, -0.25) is 4.99 Å². The Morgan fingerprint density at radius 3 is 2.71 bits per heavy atom. The number of rotatable bonds is 5. The van der Waals surface area contributed by atoms with Gasteiger partial charge in [-0.2, -0.15) is 0 Å². The van der Waals surface area contributed by atoms with E-state index in [1.54, 1.807) is 6.07 Å². The second kappa shape index (κ2) is 8.82. The van der Waals surface area contributed by atoms with Crippen LogP contribution in [0.3, 0.4) is 0 Å². The quantitative estimate of drug-likeness (QED) is 0.412. The van der Waals surface area contributed by atoms with E-state index in [0.29, 0.717) is 12.0 Å². The molecule has 2 N–H and O–H groups in total. The fourth-order valence-electron chi connectivity index (χ4n) is 2.86. The molecule has 1 saturated carbocycles. The molecule has 3 rings (SSSR count). The fourth-order valence-corrected chi connectivity index (χ4v) is 2.86. The van der Waals surface area contributed by atoms with Crippen molar-refractivity contribution in [3.63, 3.8) is 0 Å². The summed E-state index contributed by atoms with van der Waals surface area (Å²) in [5, 5.41) is 6.67. The predicted octanol–water partition coefficient (Wildman–Crippen LogP) is 3.13. The van der Waals surface area contributed by atoms with Gasteiger partial charge >= 0.3 is 0 Å². The summed E-state index contributed by atoms with van der Waals surface area (Å²) in [6.45, 7) is 5.35. The molecule has 1 heterocycles. The monoisotopic (exact) mass is 450 g/mol. The summed E-state index contributed by atoms with van der Waals surface area (Å²) in [5.41, 5.74) is 0.749. The van der Waals surface area contributed by atoms with Crippen molar-refractivity contribution in [2.24, 2.45) is 10.9 Å². The lowest BCUT2D eigenvalue weighted by molar-refractivity contribution is 0.508. The molecule has 7 heteroatoms. The highest BCUT2D eigenvalue weighted by Crippen LogP contribution is 2.25. The highest BCUT2D eigenvalue weighted by molar-refractivity contribution is 14.0. The van der Waals surface area contributed by atoms with Gasteiger partial charge in [-0.05, 0) is 44.2 Å². The number of benzene rings is 1. The Balaban J connectivity index is 0.00000208. The number of hydrogen-bond donors (Lipinski definition) is 2. The Morgan fingerprint density at radius 2 is 2.04 bits per heavy atom. The maximum Gasteiger partial charge on any atom is 0.191 e. The van der Waals surface area contributed by atoms with E-state index in [4.69, 9.17) is 0 Å². The molecule has 0 radical (unpaired) electrons. The van der Waals surface area contributed by atoms with E-state index in [1.165, 1.54) is 25.0 Å². The minimum absolute atomic E-state index is 0. The molecule has 134 valence electrons. The Kier molecular flexibility index (Phi) is 7.06. The Labute approximate surface area is 159 Å². The van der Waals surface area contributed by atoms with Crippen LogP contribution in [0.2, 0.25) is 0 Å². The number of anilines is 1. The Hall–Kier alpha value is -1.12. The van der Waals surface area contributed by atoms with Crippen molar-refractivity contribution in [2.45, 2.75) is 32.2 Å². The van der Waals surface area contributed by atoms with E-state index < -0.39 is 11.6 Å². The van der Waals surface area contributed by atoms with Crippen LogP contribution in [0, 0.1) is 17.6 Å². The highest BCUT2D eigenvalue weighted by atomic mass is 127. The Morgan fingerprint density at radius 1 is 1.25 bits per heavy atom. The fraction of sp³-hybridized carbons (Fsp3) is 0.588. The molecule has 1 aromatic carbocycles. The first kappa shape index (κ1) is 19.2. The molecule has 24 heavy (non-hydrogen) atoms. The van der Waals surface area contributed by atoms with E-state index >= 15 is 0 Å². The molecule has 0 amide bonds. The summed E-state index contributed by atoms with van der Waals surface area (Å²) in [4.78, 5) is 6.77. The van der Waals surface area contributed by atoms with Crippen molar-refractivity contribution in [3.05, 3.63) is 29.8 Å². The van der Waals surface area contributed by atoms with Crippen LogP contribution in [0.4, 0.5) is 14.5 Å². The van der Waals surface area contributed by atoms with Gasteiger partial charge in [0.15, 0.2) is 17.6 Å². The lowest BCUT2D eigenvalue weighted by atomic mass is 10.1. The summed E-state index contributed by atoms with van der Waals surface area (Å²) in [5.74, 6) is -0.249. The maximum atomic E-state index is 13.4. The van der Waals surface area contributed by atoms with Gasteiger partial charge in [-0.1, -0.05) is 0 Å². The average molecular weight is 450 g/mol. The zero-order chi connectivity index (χ0) is 16.2. The first-order valence-electron chi connectivity index (χ1n) is 8.40. The molecule has 1 saturated heterocycles. The van der Waals surface area contributed by atoms with Crippen molar-refractivity contribution in [1.29, 1.82) is 0 Å². The van der Waals surface area contributed by atoms with Crippen molar-refractivity contribution in [3.8, 4) is 0 Å². The van der Waals surface area contributed by atoms with Crippen LogP contribution in [0.1, 0.15) is 26.2 Å². The van der Waals surface area contributed by atoms with E-state index in [1.807, 2.05) is 0 Å². The lowest BCUT2D eigenvalue weighted by Gasteiger charge is -2.18. The summed E-state index contributed by atoms with van der Waals surface area (Å²) >= 11 is 0. The molecule has 4 nitrogen and oxygen atoms in total. The predicted molar refractivity (Wildman–Crippen MR) is 104 cm³/mol. The first-order chi connectivity index (χ1) is 11.2. The minimum atomic E-state index is -0.796. The van der Waals surface area contributed by atoms with Gasteiger partial charge in [-0.25, -0.2) is 8.78 Å². The normalized spacial score (nSPS) is 20.7. The van der Waals surface area contributed by atoms with Gasteiger partial charge in [0.2, 0.25) is 0 Å². The van der Waals surface area contributed by atoms with E-state index in [2.05, 4.69) is 27.4 Å². The summed E-state index contributed by atoms with van der Waals surface area (Å²) in [7, 11) is 0. The van der Waals surface area contributed by atoms with Crippen LogP contribution >= 0.6 is 24.0 Å². The third-order valence-electron chi connectivity index (χ3n) is 4.32. The number of aliphatic imine (C=N–C) groups is 1. The van der Waals surface area contributed by atoms with E-state index in [0.717, 1.165) is 44.2 Å². The molecule has 1 aliphatic heterocycles. The third kappa shape index (κ3) is 5.19. The highest BCUT2D eigenvalue weighted by Gasteiger charge is 2.25. The second-order valence-electron chi connectivity index (χ2n) is 6.34. The average Bonchev–Trinajstić information content (AvgIpc) is 3.22. The van der Waals surface area contributed by atoms with Gasteiger partial charge in [0.25, 0.3) is 0 Å². The molecule has 1 unspecified atom stereocenters. The molecule has 0 aromatic heterocycles. The molecule has 1 atom stereocenters. The molecular weight excluding hydrogens is 425 g/mol. The topological polar surface area (TPSA) is 39.7 Å². The molecule has 0 spiro atoms. The van der Waals surface area contributed by atoms with Gasteiger partial charge in [0.05, 0.1) is 0 Å². The molecule has 2 fully saturated rings. The summed E-state index contributed by atoms with van der Waals surface area (Å²) in [6, 6.07) is 4.69. The number of guanidine groups is 1. The molecule has 2 aliphatic rings. The SMILES string of the molecule is CCNC(=NCC1CCN(c2ccc(F)c(F)c2)C1)NC1CC1.I. The maximum absolute atomic E-state index is 13.4. The minimum Gasteiger partial charge on any atom is -0.371 e. The van der Waals surface area contributed by atoms with Gasteiger partial charge in [0, 0.05) is 44.0 Å². The van der Waals surface area contributed by atoms with Crippen molar-refractivity contribution < 1.29 is 8.78 Å². The zero-order valence-electron chi connectivity index (χ0n) is 13.9. The number of halogens is 3. The van der Waals surface area contributed by atoms with Crippen LogP contribution < -0.4 is 15.5 Å². The standard InChI is InChI=1S/C17H24F2N4.HI/c1-2-20-17(22-13-3-4-13)21-10-12-7-8-23(11-12)14-5-6-15(18)16(19)9-14;/h5-6,9,12-13H,2-4,7-8,10-11H2,1H3,(H2,20,21,22);1H. The van der Waals surface area contributed by atoms with E-state index in [-0.39, 0.29) is 24.0 Å². The Bertz CT molecular complexity index is 578. The van der Waals surface area contributed by atoms with E-state index in [9.17, 15) is 8.78 Å². The van der Waals surface area contributed by atoms with Gasteiger partial charge in [0.1, 0.15) is 0 Å². The summed E-state index contributed by atoms with van der Waals surface area (Å²) in [6.07, 6.45) is 3.46. The van der Waals surface area contributed by atoms with Gasteiger partial charge < -0.3 is 15.5 Å². The van der Waals surface area contributed by atoms with Crippen molar-refractivity contribution in [1.82, 2.24) is 10.6 Å². The molecule has 1 aromatic rings. The number of nitrogens with one attached hydrogen (secondary N) is 2. The van der Waals surface area contributed by atoms with Crippen molar-refractivity contribution >= 4 is 35.6 Å². The van der Waals surface area contributed by atoms with Gasteiger partial charge in [-0.15, -0.1) is 24.0 Å². The van der Waals surface area contributed by atoms with Crippen molar-refractivity contribution in [2.75, 3.05) is 31.1 Å². The number of nitrogens with zero attached hydrogens (tertiary/aromatic N) is 2. The molecule has 0 bridgehead atoms. The van der Waals surface area contributed by atoms with Crippen LogP contribution in [0.25, 0.3) is 0 Å².